The lowest BCUT2D eigenvalue weighted by atomic mass is 10.1. The summed E-state index contributed by atoms with van der Waals surface area (Å²) in [6, 6.07) is 43.7. The monoisotopic (exact) mass is 548 g/mol. The van der Waals surface area contributed by atoms with Crippen LogP contribution in [0.25, 0.3) is 24.3 Å². The maximum absolute atomic E-state index is 2.33. The fraction of sp³-hybridized carbons (Fsp3) is 0.150. The van der Waals surface area contributed by atoms with Gasteiger partial charge in [0.05, 0.1) is 0 Å². The molecule has 0 aliphatic rings. The zero-order chi connectivity index (χ0) is 29.3. The molecule has 2 heteroatoms. The van der Waals surface area contributed by atoms with Gasteiger partial charge in [0.2, 0.25) is 0 Å². The van der Waals surface area contributed by atoms with Gasteiger partial charge in [0.25, 0.3) is 0 Å². The number of nitrogens with zero attached hydrogens (tertiary/aromatic N) is 2. The Labute approximate surface area is 251 Å². The number of aryl methyl sites for hydroxylation is 2. The molecule has 210 valence electrons. The highest BCUT2D eigenvalue weighted by atomic mass is 15.1. The molecule has 0 atom stereocenters. The average molecular weight is 549 g/mol. The second kappa shape index (κ2) is 13.7. The van der Waals surface area contributed by atoms with E-state index >= 15 is 0 Å². The van der Waals surface area contributed by atoms with Crippen LogP contribution in [0.15, 0.2) is 121 Å². The SMILES string of the molecule is CCN(c1ccc(C)cc1)c1ccc(C=Cc2ccc(C=Cc3ccc(N(CC)c4ccc(C)cc4)cc3)cc2)cc1. The summed E-state index contributed by atoms with van der Waals surface area (Å²) in [6.07, 6.45) is 8.70. The van der Waals surface area contributed by atoms with Crippen molar-refractivity contribution in [3.63, 3.8) is 0 Å². The quantitative estimate of drug-likeness (QED) is 0.160. The van der Waals surface area contributed by atoms with Crippen LogP contribution in [0.5, 0.6) is 0 Å². The Balaban J connectivity index is 1.19. The molecule has 0 aliphatic carbocycles. The van der Waals surface area contributed by atoms with Crippen molar-refractivity contribution >= 4 is 47.1 Å². The van der Waals surface area contributed by atoms with E-state index in [-0.39, 0.29) is 0 Å². The van der Waals surface area contributed by atoms with Crippen molar-refractivity contribution < 1.29 is 0 Å². The van der Waals surface area contributed by atoms with Crippen molar-refractivity contribution in [1.82, 2.24) is 0 Å². The molecule has 0 amide bonds. The lowest BCUT2D eigenvalue weighted by Crippen LogP contribution is -2.15. The van der Waals surface area contributed by atoms with Crippen molar-refractivity contribution in [2.75, 3.05) is 22.9 Å². The van der Waals surface area contributed by atoms with Crippen molar-refractivity contribution in [3.05, 3.63) is 155 Å². The molecule has 0 aromatic heterocycles. The first-order chi connectivity index (χ1) is 20.5. The van der Waals surface area contributed by atoms with Gasteiger partial charge in [-0.15, -0.1) is 0 Å². The van der Waals surface area contributed by atoms with Gasteiger partial charge in [-0.1, -0.05) is 108 Å². The van der Waals surface area contributed by atoms with Crippen LogP contribution in [0.1, 0.15) is 47.2 Å². The average Bonchev–Trinajstić information content (AvgIpc) is 3.03. The zero-order valence-corrected chi connectivity index (χ0v) is 25.2. The van der Waals surface area contributed by atoms with Crippen molar-refractivity contribution in [2.45, 2.75) is 27.7 Å². The molecule has 0 N–H and O–H groups in total. The van der Waals surface area contributed by atoms with Gasteiger partial charge in [0.15, 0.2) is 0 Å². The molecule has 5 aromatic rings. The van der Waals surface area contributed by atoms with Crippen LogP contribution in [0.4, 0.5) is 22.7 Å². The van der Waals surface area contributed by atoms with Crippen LogP contribution in [0.3, 0.4) is 0 Å². The molecule has 0 heterocycles. The van der Waals surface area contributed by atoms with Crippen LogP contribution >= 0.6 is 0 Å². The summed E-state index contributed by atoms with van der Waals surface area (Å²) in [5.41, 5.74) is 12.2. The molecule has 0 radical (unpaired) electrons. The third kappa shape index (κ3) is 7.27. The van der Waals surface area contributed by atoms with E-state index in [4.69, 9.17) is 0 Å². The molecular formula is C40H40N2. The third-order valence-corrected chi connectivity index (χ3v) is 7.61. The summed E-state index contributed by atoms with van der Waals surface area (Å²) in [7, 11) is 0. The highest BCUT2D eigenvalue weighted by molar-refractivity contribution is 5.75. The molecule has 0 aliphatic heterocycles. The first-order valence-electron chi connectivity index (χ1n) is 14.9. The van der Waals surface area contributed by atoms with Crippen LogP contribution in [0.2, 0.25) is 0 Å². The Morgan fingerprint density at radius 3 is 0.810 bits per heavy atom. The highest BCUT2D eigenvalue weighted by Crippen LogP contribution is 2.27. The lowest BCUT2D eigenvalue weighted by Gasteiger charge is -2.23. The summed E-state index contributed by atoms with van der Waals surface area (Å²) >= 11 is 0. The molecule has 5 aromatic carbocycles. The van der Waals surface area contributed by atoms with E-state index in [1.54, 1.807) is 0 Å². The number of rotatable bonds is 10. The maximum Gasteiger partial charge on any atom is 0.0411 e. The van der Waals surface area contributed by atoms with Crippen molar-refractivity contribution in [1.29, 1.82) is 0 Å². The smallest absolute Gasteiger partial charge is 0.0411 e. The molecule has 0 spiro atoms. The second-order valence-electron chi connectivity index (χ2n) is 10.7. The topological polar surface area (TPSA) is 6.48 Å². The highest BCUT2D eigenvalue weighted by Gasteiger charge is 2.08. The second-order valence-corrected chi connectivity index (χ2v) is 10.7. The van der Waals surface area contributed by atoms with Crippen LogP contribution in [0, 0.1) is 13.8 Å². The van der Waals surface area contributed by atoms with Gasteiger partial charge in [-0.3, -0.25) is 0 Å². The van der Waals surface area contributed by atoms with Crippen LogP contribution < -0.4 is 9.80 Å². The minimum atomic E-state index is 0.926. The molecule has 2 nitrogen and oxygen atoms in total. The molecule has 5 rings (SSSR count). The van der Waals surface area contributed by atoms with Gasteiger partial charge in [0.1, 0.15) is 0 Å². The molecular weight excluding hydrogens is 508 g/mol. The van der Waals surface area contributed by atoms with Crippen molar-refractivity contribution in [2.24, 2.45) is 0 Å². The zero-order valence-electron chi connectivity index (χ0n) is 25.2. The number of hydrogen-bond donors (Lipinski definition) is 0. The molecule has 0 saturated carbocycles. The van der Waals surface area contributed by atoms with Gasteiger partial charge in [0, 0.05) is 35.8 Å². The van der Waals surface area contributed by atoms with Gasteiger partial charge in [-0.25, -0.2) is 0 Å². The molecule has 42 heavy (non-hydrogen) atoms. The van der Waals surface area contributed by atoms with E-state index in [0.717, 1.165) is 13.1 Å². The van der Waals surface area contributed by atoms with Crippen molar-refractivity contribution in [3.8, 4) is 0 Å². The fourth-order valence-electron chi connectivity index (χ4n) is 5.11. The number of hydrogen-bond acceptors (Lipinski definition) is 2. The molecule has 0 unspecified atom stereocenters. The maximum atomic E-state index is 2.33. The van der Waals surface area contributed by atoms with E-state index in [1.807, 2.05) is 0 Å². The van der Waals surface area contributed by atoms with Crippen LogP contribution in [-0.2, 0) is 0 Å². The predicted molar refractivity (Wildman–Crippen MR) is 185 cm³/mol. The predicted octanol–water partition coefficient (Wildman–Crippen LogP) is 11.0. The summed E-state index contributed by atoms with van der Waals surface area (Å²) in [5, 5.41) is 0. The van der Waals surface area contributed by atoms with E-state index < -0.39 is 0 Å². The minimum absolute atomic E-state index is 0.926. The van der Waals surface area contributed by atoms with Crippen LogP contribution in [-0.4, -0.2) is 13.1 Å². The van der Waals surface area contributed by atoms with E-state index in [1.165, 1.54) is 56.1 Å². The van der Waals surface area contributed by atoms with E-state index in [0.29, 0.717) is 0 Å². The van der Waals surface area contributed by atoms with Gasteiger partial charge >= 0.3 is 0 Å². The Bertz CT molecular complexity index is 1480. The molecule has 0 bridgehead atoms. The summed E-state index contributed by atoms with van der Waals surface area (Å²) < 4.78 is 0. The Morgan fingerprint density at radius 1 is 0.357 bits per heavy atom. The summed E-state index contributed by atoms with van der Waals surface area (Å²) in [6.45, 7) is 10.5. The summed E-state index contributed by atoms with van der Waals surface area (Å²) in [5.74, 6) is 0. The largest absolute Gasteiger partial charge is 0.342 e. The first-order valence-corrected chi connectivity index (χ1v) is 14.9. The van der Waals surface area contributed by atoms with Gasteiger partial charge < -0.3 is 9.80 Å². The van der Waals surface area contributed by atoms with Gasteiger partial charge in [-0.2, -0.15) is 0 Å². The van der Waals surface area contributed by atoms with Gasteiger partial charge in [-0.05, 0) is 98.5 Å². The lowest BCUT2D eigenvalue weighted by molar-refractivity contribution is 1.02. The standard InChI is InChI=1S/C40H40N2/c1-5-41(37-23-7-31(3)8-24-37)39-27-19-35(20-28-39)17-15-33-11-13-34(14-12-33)16-18-36-21-29-40(30-22-36)42(6-2)38-25-9-32(4)10-26-38/h7-30H,5-6H2,1-4H3. The van der Waals surface area contributed by atoms with E-state index in [9.17, 15) is 0 Å². The number of benzene rings is 5. The number of anilines is 4. The first kappa shape index (κ1) is 28.7. The Hall–Kier alpha value is -4.82. The Kier molecular flexibility index (Phi) is 9.36. The minimum Gasteiger partial charge on any atom is -0.342 e. The fourth-order valence-corrected chi connectivity index (χ4v) is 5.11. The molecule has 0 fully saturated rings. The Morgan fingerprint density at radius 2 is 0.571 bits per heavy atom. The van der Waals surface area contributed by atoms with E-state index in [2.05, 4.69) is 183 Å². The normalized spacial score (nSPS) is 11.3. The summed E-state index contributed by atoms with van der Waals surface area (Å²) in [4.78, 5) is 4.66. The third-order valence-electron chi connectivity index (χ3n) is 7.61. The molecule has 0 saturated heterocycles.